The van der Waals surface area contributed by atoms with Crippen LogP contribution < -0.4 is 0 Å². The lowest BCUT2D eigenvalue weighted by Crippen LogP contribution is -2.41. The fraction of sp³-hybridized carbons (Fsp3) is 0.882. The van der Waals surface area contributed by atoms with E-state index >= 15 is 0 Å². The summed E-state index contributed by atoms with van der Waals surface area (Å²) in [5.74, 6) is 2.98. The minimum absolute atomic E-state index is 0.851. The van der Waals surface area contributed by atoms with Crippen LogP contribution in [0.4, 0.5) is 0 Å². The highest BCUT2D eigenvalue weighted by atomic mass is 32.2. The second kappa shape index (κ2) is 4.87. The molecule has 7 unspecified atom stereocenters. The topological polar surface area (TPSA) is 9.23 Å². The minimum Gasteiger partial charge on any atom is -0.501 e. The number of hydrogen-bond acceptors (Lipinski definition) is 3. The van der Waals surface area contributed by atoms with E-state index in [0.717, 1.165) is 45.4 Å². The number of ether oxygens (including phenoxy) is 1. The van der Waals surface area contributed by atoms with Crippen LogP contribution in [0, 0.1) is 17.8 Å². The summed E-state index contributed by atoms with van der Waals surface area (Å²) < 4.78 is 6.00. The first-order valence-corrected chi connectivity index (χ1v) is 10.4. The minimum atomic E-state index is 0.851. The van der Waals surface area contributed by atoms with Gasteiger partial charge in [-0.25, -0.2) is 0 Å². The molecular weight excluding hydrogens is 284 g/mol. The van der Waals surface area contributed by atoms with Crippen molar-refractivity contribution in [1.29, 1.82) is 0 Å². The van der Waals surface area contributed by atoms with Crippen molar-refractivity contribution in [2.24, 2.45) is 17.8 Å². The first kappa shape index (κ1) is 12.8. The molecule has 0 N–H and O–H groups in total. The molecule has 1 saturated carbocycles. The van der Waals surface area contributed by atoms with Gasteiger partial charge in [-0.05, 0) is 62.4 Å². The molecule has 0 aromatic carbocycles. The van der Waals surface area contributed by atoms with Crippen LogP contribution in [0.25, 0.3) is 0 Å². The first-order valence-electron chi connectivity index (χ1n) is 8.50. The van der Waals surface area contributed by atoms with Gasteiger partial charge in [0, 0.05) is 26.9 Å². The van der Waals surface area contributed by atoms with E-state index in [1.807, 2.05) is 0 Å². The molecule has 7 atom stereocenters. The van der Waals surface area contributed by atoms with Crippen molar-refractivity contribution in [3.8, 4) is 0 Å². The molecule has 5 fully saturated rings. The van der Waals surface area contributed by atoms with Crippen molar-refractivity contribution in [1.82, 2.24) is 0 Å². The van der Waals surface area contributed by atoms with E-state index in [9.17, 15) is 0 Å². The van der Waals surface area contributed by atoms with E-state index in [0.29, 0.717) is 0 Å². The van der Waals surface area contributed by atoms with E-state index in [4.69, 9.17) is 4.74 Å². The van der Waals surface area contributed by atoms with Gasteiger partial charge in [0.2, 0.25) is 0 Å². The summed E-state index contributed by atoms with van der Waals surface area (Å²) in [7, 11) is 0. The van der Waals surface area contributed by atoms with Crippen molar-refractivity contribution in [2.75, 3.05) is 6.61 Å². The Bertz CT molecular complexity index is 427. The van der Waals surface area contributed by atoms with E-state index < -0.39 is 0 Å². The van der Waals surface area contributed by atoms with Crippen molar-refractivity contribution in [3.05, 3.63) is 11.8 Å². The monoisotopic (exact) mass is 308 g/mol. The van der Waals surface area contributed by atoms with Crippen LogP contribution >= 0.6 is 23.5 Å². The molecule has 20 heavy (non-hydrogen) atoms. The molecule has 4 heterocycles. The van der Waals surface area contributed by atoms with Crippen LogP contribution in [-0.2, 0) is 4.74 Å². The summed E-state index contributed by atoms with van der Waals surface area (Å²) in [6.45, 7) is 1.00. The third kappa shape index (κ3) is 1.84. The Labute approximate surface area is 130 Å². The van der Waals surface area contributed by atoms with Gasteiger partial charge in [-0.1, -0.05) is 0 Å². The zero-order valence-corrected chi connectivity index (χ0v) is 13.6. The Balaban J connectivity index is 1.23. The van der Waals surface area contributed by atoms with Gasteiger partial charge in [0.25, 0.3) is 0 Å². The molecule has 1 aliphatic carbocycles. The van der Waals surface area contributed by atoms with E-state index in [1.165, 1.54) is 44.9 Å². The van der Waals surface area contributed by atoms with Crippen LogP contribution in [0.1, 0.15) is 44.9 Å². The number of allylic oxidation sites excluding steroid dienone is 1. The maximum atomic E-state index is 6.00. The third-order valence-corrected chi connectivity index (χ3v) is 10.0. The summed E-state index contributed by atoms with van der Waals surface area (Å²) in [4.78, 5) is 0. The van der Waals surface area contributed by atoms with Crippen molar-refractivity contribution < 1.29 is 4.74 Å². The highest BCUT2D eigenvalue weighted by Gasteiger charge is 2.63. The second-order valence-corrected chi connectivity index (χ2v) is 10.3. The summed E-state index contributed by atoms with van der Waals surface area (Å²) in [5.41, 5.74) is 1.56. The highest BCUT2D eigenvalue weighted by Crippen LogP contribution is 2.68. The lowest BCUT2D eigenvalue weighted by molar-refractivity contribution is 0.129. The molecule has 4 aliphatic heterocycles. The molecule has 5 rings (SSSR count). The third-order valence-electron chi connectivity index (χ3n) is 6.33. The fourth-order valence-electron chi connectivity index (χ4n) is 5.52. The van der Waals surface area contributed by atoms with Crippen molar-refractivity contribution in [2.45, 2.75) is 65.9 Å². The molecule has 5 aliphatic rings. The van der Waals surface area contributed by atoms with E-state index in [1.54, 1.807) is 5.57 Å². The standard InChI is InChI=1S/C17H24OS2/c1-2-4-10(3-1)8-18-9-11-7-14-15-12-5-6-13(19-12)16(15)17(11)20-14/h8,11-17H,1-7,9H2. The Morgan fingerprint density at radius 1 is 1.00 bits per heavy atom. The maximum absolute atomic E-state index is 6.00. The molecule has 0 spiro atoms. The number of hydrogen-bond donors (Lipinski definition) is 0. The maximum Gasteiger partial charge on any atom is 0.0912 e. The van der Waals surface area contributed by atoms with Gasteiger partial charge >= 0.3 is 0 Å². The average Bonchev–Trinajstić information content (AvgIpc) is 3.24. The Morgan fingerprint density at radius 2 is 1.80 bits per heavy atom. The van der Waals surface area contributed by atoms with E-state index in [2.05, 4.69) is 29.8 Å². The highest BCUT2D eigenvalue weighted by molar-refractivity contribution is 8.03. The molecule has 0 radical (unpaired) electrons. The largest absolute Gasteiger partial charge is 0.501 e. The number of rotatable bonds is 3. The summed E-state index contributed by atoms with van der Waals surface area (Å²) in [5, 5.41) is 3.98. The van der Waals surface area contributed by atoms with Gasteiger partial charge < -0.3 is 4.74 Å². The predicted molar refractivity (Wildman–Crippen MR) is 87.2 cm³/mol. The lowest BCUT2D eigenvalue weighted by atomic mass is 9.68. The zero-order chi connectivity index (χ0) is 13.1. The molecule has 110 valence electrons. The molecule has 0 aromatic heterocycles. The van der Waals surface area contributed by atoms with Gasteiger partial charge in [-0.2, -0.15) is 23.5 Å². The first-order chi connectivity index (χ1) is 9.90. The molecular formula is C17H24OS2. The lowest BCUT2D eigenvalue weighted by Gasteiger charge is -2.36. The van der Waals surface area contributed by atoms with Crippen LogP contribution in [0.2, 0.25) is 0 Å². The number of fused-ring (bicyclic) bond motifs is 9. The Hall–Kier alpha value is 0.240. The average molecular weight is 309 g/mol. The SMILES string of the molecule is C(OCC1CC2SC1C1C3CCC(S3)C21)=C1CCCC1. The molecule has 1 nitrogen and oxygen atoms in total. The van der Waals surface area contributed by atoms with Crippen LogP contribution in [0.5, 0.6) is 0 Å². The zero-order valence-electron chi connectivity index (χ0n) is 12.0. The summed E-state index contributed by atoms with van der Waals surface area (Å²) in [6.07, 6.45) is 11.9. The van der Waals surface area contributed by atoms with Gasteiger partial charge in [0.05, 0.1) is 12.9 Å². The van der Waals surface area contributed by atoms with Crippen LogP contribution in [0.15, 0.2) is 11.8 Å². The van der Waals surface area contributed by atoms with Gasteiger partial charge in [0.15, 0.2) is 0 Å². The van der Waals surface area contributed by atoms with Crippen LogP contribution in [-0.4, -0.2) is 27.6 Å². The molecule has 4 bridgehead atoms. The Morgan fingerprint density at radius 3 is 2.65 bits per heavy atom. The van der Waals surface area contributed by atoms with Crippen molar-refractivity contribution >= 4 is 23.5 Å². The smallest absolute Gasteiger partial charge is 0.0912 e. The quantitative estimate of drug-likeness (QED) is 0.712. The summed E-state index contributed by atoms with van der Waals surface area (Å²) in [6, 6.07) is 0. The molecule has 0 aromatic rings. The molecule has 4 saturated heterocycles. The molecule has 3 heteroatoms. The van der Waals surface area contributed by atoms with Gasteiger partial charge in [-0.15, -0.1) is 0 Å². The predicted octanol–water partition coefficient (Wildman–Crippen LogP) is 4.48. The summed E-state index contributed by atoms with van der Waals surface area (Å²) >= 11 is 4.70. The second-order valence-electron chi connectivity index (χ2n) is 7.40. The number of thioether (sulfide) groups is 2. The van der Waals surface area contributed by atoms with E-state index in [-0.39, 0.29) is 0 Å². The Kier molecular flexibility index (Phi) is 3.11. The molecule has 0 amide bonds. The van der Waals surface area contributed by atoms with Gasteiger partial charge in [0.1, 0.15) is 0 Å². The normalized spacial score (nSPS) is 51.8. The van der Waals surface area contributed by atoms with Gasteiger partial charge in [-0.3, -0.25) is 0 Å². The fourth-order valence-corrected chi connectivity index (χ4v) is 10.1. The van der Waals surface area contributed by atoms with Crippen molar-refractivity contribution in [3.63, 3.8) is 0 Å². The van der Waals surface area contributed by atoms with Crippen LogP contribution in [0.3, 0.4) is 0 Å².